The van der Waals surface area contributed by atoms with Gasteiger partial charge in [0.2, 0.25) is 0 Å². The highest BCUT2D eigenvalue weighted by Crippen LogP contribution is 2.46. The summed E-state index contributed by atoms with van der Waals surface area (Å²) in [5.41, 5.74) is -0.775. The number of benzene rings is 2. The molecule has 1 aliphatic heterocycles. The third kappa shape index (κ3) is 2.88. The van der Waals surface area contributed by atoms with Crippen LogP contribution in [0.3, 0.4) is 0 Å². The van der Waals surface area contributed by atoms with E-state index in [-0.39, 0.29) is 17.9 Å². The van der Waals surface area contributed by atoms with Crippen molar-refractivity contribution in [2.24, 2.45) is 0 Å². The summed E-state index contributed by atoms with van der Waals surface area (Å²) < 4.78 is 4.79. The van der Waals surface area contributed by atoms with Crippen LogP contribution in [0, 0.1) is 0 Å². The predicted molar refractivity (Wildman–Crippen MR) is 92.9 cm³/mol. The van der Waals surface area contributed by atoms with E-state index in [1.807, 2.05) is 0 Å². The van der Waals surface area contributed by atoms with Gasteiger partial charge in [0.1, 0.15) is 12.2 Å². The number of nitrogens with zero attached hydrogens (tertiary/aromatic N) is 1. The lowest BCUT2D eigenvalue weighted by Crippen LogP contribution is -2.47. The van der Waals surface area contributed by atoms with E-state index in [0.717, 1.165) is 0 Å². The fraction of sp³-hybridized carbons (Fsp3) is 0.250. The Kier molecular flexibility index (Phi) is 4.86. The number of rotatable bonds is 6. The molecular formula is C20H18NO5. The van der Waals surface area contributed by atoms with Crippen molar-refractivity contribution in [2.75, 3.05) is 11.7 Å². The molecule has 1 unspecified atom stereocenters. The molecule has 0 saturated heterocycles. The minimum atomic E-state index is -1.70. The number of carbonyl (C=O) groups is 3. The Labute approximate surface area is 151 Å². The Balaban J connectivity index is 2.02. The van der Waals surface area contributed by atoms with Gasteiger partial charge in [0.15, 0.2) is 11.3 Å². The summed E-state index contributed by atoms with van der Waals surface area (Å²) >= 11 is 0. The highest BCUT2D eigenvalue weighted by molar-refractivity contribution is 6.16. The van der Waals surface area contributed by atoms with E-state index >= 15 is 0 Å². The maximum absolute atomic E-state index is 13.2. The molecule has 0 N–H and O–H groups in total. The Bertz CT molecular complexity index is 848. The van der Waals surface area contributed by atoms with Gasteiger partial charge in [0, 0.05) is 12.0 Å². The molecule has 0 amide bonds. The second-order valence-corrected chi connectivity index (χ2v) is 6.06. The first-order chi connectivity index (χ1) is 12.5. The maximum atomic E-state index is 13.2. The highest BCUT2D eigenvalue weighted by Gasteiger charge is 2.54. The van der Waals surface area contributed by atoms with Crippen LogP contribution in [0.2, 0.25) is 0 Å². The fourth-order valence-corrected chi connectivity index (χ4v) is 3.30. The van der Waals surface area contributed by atoms with Crippen LogP contribution in [0.5, 0.6) is 0 Å². The van der Waals surface area contributed by atoms with Gasteiger partial charge in [-0.2, -0.15) is 0 Å². The van der Waals surface area contributed by atoms with Gasteiger partial charge in [-0.15, -0.1) is 0 Å². The number of hydrogen-bond acceptors (Lipinski definition) is 5. The van der Waals surface area contributed by atoms with Gasteiger partial charge in [-0.1, -0.05) is 47.7 Å². The van der Waals surface area contributed by atoms with Gasteiger partial charge in [-0.3, -0.25) is 14.4 Å². The van der Waals surface area contributed by atoms with Gasteiger partial charge < -0.3 is 4.74 Å². The molecule has 1 radical (unpaired) electrons. The number of fused-ring (bicyclic) bond motifs is 1. The minimum Gasteiger partial charge on any atom is -0.466 e. The molecule has 26 heavy (non-hydrogen) atoms. The number of Topliss-reactive ketones (excluding diaryl/α,β-unsaturated/α-hetero) is 2. The lowest BCUT2D eigenvalue weighted by Gasteiger charge is -2.32. The molecule has 6 heteroatoms. The van der Waals surface area contributed by atoms with Crippen molar-refractivity contribution in [3.8, 4) is 0 Å². The molecule has 1 aliphatic rings. The Morgan fingerprint density at radius 3 is 2.35 bits per heavy atom. The normalized spacial score (nSPS) is 18.5. The zero-order valence-electron chi connectivity index (χ0n) is 14.3. The number of carbonyl (C=O) groups excluding carboxylic acids is 3. The van der Waals surface area contributed by atoms with E-state index in [0.29, 0.717) is 10.6 Å². The van der Waals surface area contributed by atoms with Crippen molar-refractivity contribution in [3.63, 3.8) is 0 Å². The molecule has 0 aromatic heterocycles. The summed E-state index contributed by atoms with van der Waals surface area (Å²) in [6, 6.07) is 14.9. The number of hydrogen-bond donors (Lipinski definition) is 0. The first-order valence-corrected chi connectivity index (χ1v) is 8.34. The average Bonchev–Trinajstić information content (AvgIpc) is 2.85. The number of ether oxygens (including phenoxy) is 1. The molecule has 0 aliphatic carbocycles. The van der Waals surface area contributed by atoms with Crippen molar-refractivity contribution in [3.05, 3.63) is 65.7 Å². The third-order valence-corrected chi connectivity index (χ3v) is 4.44. The minimum absolute atomic E-state index is 0.161. The van der Waals surface area contributed by atoms with Crippen molar-refractivity contribution < 1.29 is 24.3 Å². The summed E-state index contributed by atoms with van der Waals surface area (Å²) in [5.74, 6) is -1.62. The number of para-hydroxylation sites is 1. The van der Waals surface area contributed by atoms with Crippen LogP contribution in [0.25, 0.3) is 0 Å². The standard InChI is InChI=1S/C20H18NO5/c1-2-26-18(23)12-15(22)13-20(14-8-4-3-5-9-14)19(24)16-10-6-7-11-17(16)21(20)25/h3-11H,2,12-13H2,1H3. The number of ketones is 2. The Hall–Kier alpha value is -2.99. The van der Waals surface area contributed by atoms with Gasteiger partial charge in [0.25, 0.3) is 0 Å². The average molecular weight is 352 g/mol. The molecular weight excluding hydrogens is 334 g/mol. The molecule has 0 saturated carbocycles. The number of esters is 1. The molecule has 3 rings (SSSR count). The molecule has 133 valence electrons. The first-order valence-electron chi connectivity index (χ1n) is 8.34. The lowest BCUT2D eigenvalue weighted by molar-refractivity contribution is -0.145. The molecule has 6 nitrogen and oxygen atoms in total. The van der Waals surface area contributed by atoms with Crippen LogP contribution in [0.4, 0.5) is 5.69 Å². The third-order valence-electron chi connectivity index (χ3n) is 4.44. The molecule has 1 heterocycles. The summed E-state index contributed by atoms with van der Waals surface area (Å²) in [7, 11) is 0. The summed E-state index contributed by atoms with van der Waals surface area (Å²) in [5, 5.41) is 13.7. The summed E-state index contributed by atoms with van der Waals surface area (Å²) in [4.78, 5) is 37.3. The van der Waals surface area contributed by atoms with Crippen LogP contribution in [0.15, 0.2) is 54.6 Å². The fourth-order valence-electron chi connectivity index (χ4n) is 3.30. The molecule has 0 spiro atoms. The van der Waals surface area contributed by atoms with Crippen LogP contribution in [-0.2, 0) is 25.1 Å². The van der Waals surface area contributed by atoms with Crippen molar-refractivity contribution in [1.29, 1.82) is 0 Å². The zero-order chi connectivity index (χ0) is 18.7. The molecule has 0 fully saturated rings. The largest absolute Gasteiger partial charge is 0.466 e. The summed E-state index contributed by atoms with van der Waals surface area (Å²) in [6.07, 6.45) is -0.868. The van der Waals surface area contributed by atoms with Crippen molar-refractivity contribution >= 4 is 23.2 Å². The van der Waals surface area contributed by atoms with Crippen molar-refractivity contribution in [1.82, 2.24) is 0 Å². The first kappa shape index (κ1) is 17.8. The molecule has 2 aromatic carbocycles. The van der Waals surface area contributed by atoms with Crippen LogP contribution in [-0.4, -0.2) is 24.1 Å². The monoisotopic (exact) mass is 352 g/mol. The molecule has 1 atom stereocenters. The van der Waals surface area contributed by atoms with Gasteiger partial charge in [-0.25, -0.2) is 5.06 Å². The lowest BCUT2D eigenvalue weighted by atomic mass is 9.81. The Morgan fingerprint density at radius 2 is 1.69 bits per heavy atom. The van der Waals surface area contributed by atoms with Crippen LogP contribution in [0.1, 0.15) is 35.7 Å². The van der Waals surface area contributed by atoms with Crippen LogP contribution >= 0.6 is 0 Å². The van der Waals surface area contributed by atoms with Gasteiger partial charge in [0.05, 0.1) is 12.3 Å². The van der Waals surface area contributed by atoms with E-state index in [1.165, 1.54) is 0 Å². The van der Waals surface area contributed by atoms with Crippen LogP contribution < -0.4 is 5.06 Å². The molecule has 0 bridgehead atoms. The summed E-state index contributed by atoms with van der Waals surface area (Å²) in [6.45, 7) is 1.80. The predicted octanol–water partition coefficient (Wildman–Crippen LogP) is 2.84. The SMILES string of the molecule is CCOC(=O)CC(=O)CC1(c2ccccc2)C(=O)c2ccccc2N1[O]. The van der Waals surface area contributed by atoms with E-state index in [9.17, 15) is 19.6 Å². The zero-order valence-corrected chi connectivity index (χ0v) is 14.3. The van der Waals surface area contributed by atoms with E-state index in [2.05, 4.69) is 0 Å². The Morgan fingerprint density at radius 1 is 1.04 bits per heavy atom. The van der Waals surface area contributed by atoms with E-state index in [4.69, 9.17) is 4.74 Å². The topological polar surface area (TPSA) is 83.6 Å². The molecule has 2 aromatic rings. The van der Waals surface area contributed by atoms with Gasteiger partial charge in [-0.05, 0) is 24.6 Å². The highest BCUT2D eigenvalue weighted by atomic mass is 16.5. The van der Waals surface area contributed by atoms with E-state index < -0.39 is 35.9 Å². The smallest absolute Gasteiger partial charge is 0.313 e. The second-order valence-electron chi connectivity index (χ2n) is 6.06. The van der Waals surface area contributed by atoms with Crippen molar-refractivity contribution in [2.45, 2.75) is 25.3 Å². The number of anilines is 1. The van der Waals surface area contributed by atoms with E-state index in [1.54, 1.807) is 61.5 Å². The quantitative estimate of drug-likeness (QED) is 0.590. The maximum Gasteiger partial charge on any atom is 0.313 e. The van der Waals surface area contributed by atoms with Gasteiger partial charge >= 0.3 is 5.97 Å². The number of hydroxylamine groups is 1. The second kappa shape index (κ2) is 7.09.